The minimum absolute atomic E-state index is 0.0713. The van der Waals surface area contributed by atoms with Crippen molar-refractivity contribution in [3.05, 3.63) is 47.9 Å². The molecule has 1 amide bonds. The maximum absolute atomic E-state index is 12.6. The van der Waals surface area contributed by atoms with Gasteiger partial charge in [-0.2, -0.15) is 8.78 Å². The highest BCUT2D eigenvalue weighted by Gasteiger charge is 2.29. The average Bonchev–Trinajstić information content (AvgIpc) is 2.77. The fraction of sp³-hybridized carbons (Fsp3) is 0.500. The highest BCUT2D eigenvalue weighted by Crippen LogP contribution is 2.37. The molecule has 0 aliphatic heterocycles. The fourth-order valence-electron chi connectivity index (χ4n) is 4.09. The zero-order valence-electron chi connectivity index (χ0n) is 17.2. The van der Waals surface area contributed by atoms with E-state index in [4.69, 9.17) is 4.74 Å². The molecule has 0 bridgehead atoms. The summed E-state index contributed by atoms with van der Waals surface area (Å²) in [4.78, 5) is 21.0. The van der Waals surface area contributed by atoms with Gasteiger partial charge in [-0.15, -0.1) is 0 Å². The van der Waals surface area contributed by atoms with Crippen molar-refractivity contribution in [2.45, 2.75) is 57.6 Å². The van der Waals surface area contributed by atoms with E-state index in [-0.39, 0.29) is 23.6 Å². The van der Waals surface area contributed by atoms with Crippen molar-refractivity contribution in [2.75, 3.05) is 7.11 Å². The number of methoxy groups -OCH3 is 1. The van der Waals surface area contributed by atoms with Gasteiger partial charge < -0.3 is 14.8 Å². The molecule has 6 nitrogen and oxygen atoms in total. The maximum atomic E-state index is 12.6. The van der Waals surface area contributed by atoms with Crippen LogP contribution < -0.4 is 14.8 Å². The van der Waals surface area contributed by atoms with E-state index in [2.05, 4.69) is 26.9 Å². The Kier molecular flexibility index (Phi) is 7.54. The summed E-state index contributed by atoms with van der Waals surface area (Å²) in [7, 11) is 1.53. The number of carbonyl (C=O) groups excluding carboxylic acids is 1. The van der Waals surface area contributed by atoms with Gasteiger partial charge in [0.15, 0.2) is 0 Å². The molecule has 2 aromatic heterocycles. The van der Waals surface area contributed by atoms with Crippen LogP contribution in [-0.2, 0) is 0 Å². The smallest absolute Gasteiger partial charge is 0.387 e. The van der Waals surface area contributed by atoms with E-state index in [1.165, 1.54) is 25.6 Å². The molecule has 0 unspecified atom stereocenters. The largest absolute Gasteiger partial charge is 0.481 e. The van der Waals surface area contributed by atoms with E-state index in [9.17, 15) is 13.6 Å². The Bertz CT molecular complexity index is 825. The molecular weight excluding hydrogens is 392 g/mol. The van der Waals surface area contributed by atoms with Crippen molar-refractivity contribution < 1.29 is 23.0 Å². The van der Waals surface area contributed by atoms with Crippen molar-refractivity contribution in [1.29, 1.82) is 0 Å². The lowest BCUT2D eigenvalue weighted by Crippen LogP contribution is -2.41. The zero-order valence-corrected chi connectivity index (χ0v) is 17.2. The predicted octanol–water partition coefficient (Wildman–Crippen LogP) is 4.57. The van der Waals surface area contributed by atoms with Gasteiger partial charge in [0.1, 0.15) is 5.75 Å². The first kappa shape index (κ1) is 21.9. The molecule has 1 atom stereocenters. The number of nitrogens with zero attached hydrogens (tertiary/aromatic N) is 2. The standard InChI is InChI=1S/C22H27F2N3O3/c1-3-18(27-21(28)16-8-9-20(29-2)26-13-16)14-4-6-15(7-5-14)19-12-17(10-11-25-19)30-22(23)24/h8-15,18,22H,3-7H2,1-2H3,(H,27,28)/t14?,15?,18-/m1/s1. The second kappa shape index (κ2) is 10.3. The van der Waals surface area contributed by atoms with Gasteiger partial charge in [0, 0.05) is 42.2 Å². The number of alkyl halides is 2. The van der Waals surface area contributed by atoms with Crippen LogP contribution in [0.4, 0.5) is 8.78 Å². The molecule has 1 fully saturated rings. The molecule has 1 aliphatic rings. The van der Waals surface area contributed by atoms with Gasteiger partial charge >= 0.3 is 6.61 Å². The Morgan fingerprint density at radius 2 is 1.97 bits per heavy atom. The SMILES string of the molecule is CC[C@@H](NC(=O)c1ccc(OC)nc1)C1CCC(c2cc(OC(F)F)ccn2)CC1. The number of hydrogen-bond donors (Lipinski definition) is 1. The van der Waals surface area contributed by atoms with E-state index < -0.39 is 6.61 Å². The normalized spacial score (nSPS) is 19.9. The summed E-state index contributed by atoms with van der Waals surface area (Å²) in [5.41, 5.74) is 1.29. The van der Waals surface area contributed by atoms with Crippen molar-refractivity contribution in [1.82, 2.24) is 15.3 Å². The van der Waals surface area contributed by atoms with Gasteiger partial charge in [0.25, 0.3) is 5.91 Å². The second-order valence-electron chi connectivity index (χ2n) is 7.48. The molecule has 2 aromatic rings. The Morgan fingerprint density at radius 3 is 2.57 bits per heavy atom. The molecule has 1 N–H and O–H groups in total. The third kappa shape index (κ3) is 5.64. The average molecular weight is 419 g/mol. The van der Waals surface area contributed by atoms with Crippen LogP contribution >= 0.6 is 0 Å². The van der Waals surface area contributed by atoms with Crippen LogP contribution in [0.2, 0.25) is 0 Å². The number of hydrogen-bond acceptors (Lipinski definition) is 5. The summed E-state index contributed by atoms with van der Waals surface area (Å²) < 4.78 is 34.4. The number of rotatable bonds is 8. The Morgan fingerprint density at radius 1 is 1.20 bits per heavy atom. The molecule has 30 heavy (non-hydrogen) atoms. The van der Waals surface area contributed by atoms with Crippen molar-refractivity contribution >= 4 is 5.91 Å². The number of pyridine rings is 2. The third-order valence-corrected chi connectivity index (χ3v) is 5.70. The molecule has 1 aliphatic carbocycles. The number of aromatic nitrogens is 2. The summed E-state index contributed by atoms with van der Waals surface area (Å²) in [6.07, 6.45) is 7.52. The summed E-state index contributed by atoms with van der Waals surface area (Å²) in [5, 5.41) is 3.14. The Labute approximate surface area is 175 Å². The minimum atomic E-state index is -2.84. The predicted molar refractivity (Wildman–Crippen MR) is 108 cm³/mol. The first-order valence-electron chi connectivity index (χ1n) is 10.2. The fourth-order valence-corrected chi connectivity index (χ4v) is 4.09. The molecule has 1 saturated carbocycles. The molecule has 0 aromatic carbocycles. The minimum Gasteiger partial charge on any atom is -0.481 e. The van der Waals surface area contributed by atoms with Crippen LogP contribution in [0.1, 0.15) is 61.0 Å². The van der Waals surface area contributed by atoms with E-state index in [1.807, 2.05) is 0 Å². The van der Waals surface area contributed by atoms with Gasteiger partial charge in [0.05, 0.1) is 12.7 Å². The van der Waals surface area contributed by atoms with Crippen molar-refractivity contribution in [3.8, 4) is 11.6 Å². The van der Waals surface area contributed by atoms with Crippen LogP contribution in [0.5, 0.6) is 11.6 Å². The van der Waals surface area contributed by atoms with Gasteiger partial charge in [-0.3, -0.25) is 9.78 Å². The first-order chi connectivity index (χ1) is 14.5. The lowest BCUT2D eigenvalue weighted by Gasteiger charge is -2.33. The topological polar surface area (TPSA) is 73.3 Å². The molecule has 162 valence electrons. The highest BCUT2D eigenvalue weighted by atomic mass is 19.3. The van der Waals surface area contributed by atoms with Crippen LogP contribution in [0.15, 0.2) is 36.7 Å². The zero-order chi connectivity index (χ0) is 21.5. The number of nitrogens with one attached hydrogen (secondary N) is 1. The van der Waals surface area contributed by atoms with Crippen LogP contribution in [0.3, 0.4) is 0 Å². The Balaban J connectivity index is 1.56. The quantitative estimate of drug-likeness (QED) is 0.679. The van der Waals surface area contributed by atoms with Crippen molar-refractivity contribution in [2.24, 2.45) is 5.92 Å². The number of carbonyl (C=O) groups is 1. The van der Waals surface area contributed by atoms with E-state index in [0.717, 1.165) is 37.8 Å². The summed E-state index contributed by atoms with van der Waals surface area (Å²) in [6.45, 7) is -0.776. The molecule has 3 rings (SSSR count). The third-order valence-electron chi connectivity index (χ3n) is 5.70. The maximum Gasteiger partial charge on any atom is 0.387 e. The number of amides is 1. The van der Waals surface area contributed by atoms with E-state index in [0.29, 0.717) is 17.4 Å². The van der Waals surface area contributed by atoms with E-state index in [1.54, 1.807) is 18.2 Å². The molecule has 0 saturated heterocycles. The van der Waals surface area contributed by atoms with Crippen molar-refractivity contribution in [3.63, 3.8) is 0 Å². The summed E-state index contributed by atoms with van der Waals surface area (Å²) in [6, 6.07) is 6.48. The first-order valence-corrected chi connectivity index (χ1v) is 10.2. The lowest BCUT2D eigenvalue weighted by atomic mass is 9.76. The molecule has 0 spiro atoms. The van der Waals surface area contributed by atoms with Gasteiger partial charge in [-0.05, 0) is 50.2 Å². The lowest BCUT2D eigenvalue weighted by molar-refractivity contribution is -0.0499. The molecule has 8 heteroatoms. The molecule has 2 heterocycles. The van der Waals surface area contributed by atoms with Gasteiger partial charge in [0.2, 0.25) is 5.88 Å². The Hall–Kier alpha value is -2.77. The molecular formula is C22H27F2N3O3. The van der Waals surface area contributed by atoms with E-state index >= 15 is 0 Å². The second-order valence-corrected chi connectivity index (χ2v) is 7.48. The summed E-state index contributed by atoms with van der Waals surface area (Å²) in [5.74, 6) is 1.04. The van der Waals surface area contributed by atoms with Crippen LogP contribution in [-0.4, -0.2) is 35.6 Å². The summed E-state index contributed by atoms with van der Waals surface area (Å²) >= 11 is 0. The van der Waals surface area contributed by atoms with Gasteiger partial charge in [-0.1, -0.05) is 6.92 Å². The number of ether oxygens (including phenoxy) is 2. The molecule has 0 radical (unpaired) electrons. The van der Waals surface area contributed by atoms with Gasteiger partial charge in [-0.25, -0.2) is 4.98 Å². The van der Waals surface area contributed by atoms with Crippen LogP contribution in [0, 0.1) is 5.92 Å². The highest BCUT2D eigenvalue weighted by molar-refractivity contribution is 5.94. The number of halogens is 2. The monoisotopic (exact) mass is 419 g/mol. The van der Waals surface area contributed by atoms with Crippen LogP contribution in [0.25, 0.3) is 0 Å².